The fraction of sp³-hybridized carbons (Fsp3) is 0.786. The largest absolute Gasteiger partial charge is 0.418 e. The lowest BCUT2D eigenvalue weighted by Gasteiger charge is -2.27. The summed E-state index contributed by atoms with van der Waals surface area (Å²) in [4.78, 5) is 18.4. The molecular weight excluding hydrogens is 352 g/mol. The van der Waals surface area contributed by atoms with Crippen LogP contribution in [0, 0.1) is 0 Å². The van der Waals surface area contributed by atoms with Crippen molar-refractivity contribution in [3.05, 3.63) is 11.7 Å². The summed E-state index contributed by atoms with van der Waals surface area (Å²) in [7, 11) is -4.74. The molecule has 2 saturated heterocycles. The molecule has 1 aromatic heterocycles. The van der Waals surface area contributed by atoms with E-state index in [2.05, 4.69) is 14.4 Å². The quantitative estimate of drug-likeness (QED) is 0.793. The van der Waals surface area contributed by atoms with Gasteiger partial charge in [-0.3, -0.25) is 4.55 Å². The normalized spacial score (nSPS) is 28.0. The Balaban J connectivity index is 1.51. The van der Waals surface area contributed by atoms with E-state index >= 15 is 0 Å². The Labute approximate surface area is 145 Å². The van der Waals surface area contributed by atoms with Crippen molar-refractivity contribution in [3.8, 4) is 0 Å². The number of hydrogen-bond donors (Lipinski definition) is 1. The molecule has 10 nitrogen and oxygen atoms in total. The molecule has 0 aromatic carbocycles. The van der Waals surface area contributed by atoms with Gasteiger partial charge in [0.05, 0.1) is 6.04 Å². The highest BCUT2D eigenvalue weighted by Crippen LogP contribution is 2.39. The van der Waals surface area contributed by atoms with E-state index in [-0.39, 0.29) is 0 Å². The maximum absolute atomic E-state index is 12.4. The number of urea groups is 1. The Morgan fingerprint density at radius 3 is 2.64 bits per heavy atom. The molecule has 3 fully saturated rings. The number of rotatable bonds is 4. The van der Waals surface area contributed by atoms with Crippen LogP contribution in [-0.2, 0) is 14.7 Å². The number of carbonyl (C=O) groups is 1. The van der Waals surface area contributed by atoms with Crippen LogP contribution in [0.2, 0.25) is 0 Å². The van der Waals surface area contributed by atoms with E-state index in [1.54, 1.807) is 0 Å². The molecule has 1 saturated carbocycles. The zero-order valence-electron chi connectivity index (χ0n) is 13.6. The molecule has 4 rings (SSSR count). The predicted octanol–water partition coefficient (Wildman–Crippen LogP) is 1.79. The fourth-order valence-electron chi connectivity index (χ4n) is 4.00. The van der Waals surface area contributed by atoms with Crippen molar-refractivity contribution in [2.45, 2.75) is 62.9 Å². The first-order chi connectivity index (χ1) is 11.9. The van der Waals surface area contributed by atoms with E-state index in [1.165, 1.54) is 11.3 Å². The van der Waals surface area contributed by atoms with Crippen LogP contribution in [0.3, 0.4) is 0 Å². The standard InChI is InChI=1S/C14H20N4O6S/c19-14-17-8-10(18(14)24-25(20,21)22)6-7-11(17)13-15-12(16-23-13)9-4-2-1-3-5-9/h9-11H,1-8H2,(H,20,21,22)/t10-,11+/m1/s1. The van der Waals surface area contributed by atoms with Crippen molar-refractivity contribution in [1.29, 1.82) is 0 Å². The van der Waals surface area contributed by atoms with Crippen LogP contribution in [0.5, 0.6) is 0 Å². The van der Waals surface area contributed by atoms with E-state index in [0.717, 1.165) is 25.7 Å². The fourth-order valence-corrected chi connectivity index (χ4v) is 4.39. The minimum atomic E-state index is -4.74. The number of nitrogens with zero attached hydrogens (tertiary/aromatic N) is 4. The predicted molar refractivity (Wildman–Crippen MR) is 82.5 cm³/mol. The Morgan fingerprint density at radius 1 is 1.16 bits per heavy atom. The average Bonchev–Trinajstić information content (AvgIpc) is 3.16. The zero-order chi connectivity index (χ0) is 17.6. The summed E-state index contributed by atoms with van der Waals surface area (Å²) in [6, 6.07) is -1.45. The van der Waals surface area contributed by atoms with E-state index in [4.69, 9.17) is 9.08 Å². The van der Waals surface area contributed by atoms with Gasteiger partial charge in [0.1, 0.15) is 6.04 Å². The van der Waals surface area contributed by atoms with Gasteiger partial charge in [-0.2, -0.15) is 18.5 Å². The van der Waals surface area contributed by atoms with Crippen molar-refractivity contribution in [3.63, 3.8) is 0 Å². The second kappa shape index (κ2) is 6.22. The summed E-state index contributed by atoms with van der Waals surface area (Å²) in [5.74, 6) is 1.37. The molecule has 3 heterocycles. The van der Waals surface area contributed by atoms with Gasteiger partial charge in [-0.15, -0.1) is 4.28 Å². The molecular formula is C14H20N4O6S. The number of fused-ring (bicyclic) bond motifs is 2. The first-order valence-corrected chi connectivity index (χ1v) is 9.89. The minimum Gasteiger partial charge on any atom is -0.337 e. The summed E-state index contributed by atoms with van der Waals surface area (Å²) in [5, 5.41) is 4.81. The van der Waals surface area contributed by atoms with Gasteiger partial charge in [-0.1, -0.05) is 24.4 Å². The Kier molecular flexibility index (Phi) is 4.16. The highest BCUT2D eigenvalue weighted by atomic mass is 32.3. The molecule has 3 aliphatic rings. The average molecular weight is 372 g/mol. The van der Waals surface area contributed by atoms with Gasteiger partial charge < -0.3 is 9.42 Å². The van der Waals surface area contributed by atoms with Gasteiger partial charge in [0.2, 0.25) is 5.89 Å². The molecule has 0 spiro atoms. The van der Waals surface area contributed by atoms with Crippen LogP contribution in [0.25, 0.3) is 0 Å². The molecule has 2 bridgehead atoms. The van der Waals surface area contributed by atoms with E-state index in [0.29, 0.717) is 42.1 Å². The maximum Gasteiger partial charge on any atom is 0.418 e. The van der Waals surface area contributed by atoms with Crippen molar-refractivity contribution < 1.29 is 26.6 Å². The van der Waals surface area contributed by atoms with Crippen molar-refractivity contribution >= 4 is 16.4 Å². The number of carbonyl (C=O) groups excluding carboxylic acids is 1. The molecule has 25 heavy (non-hydrogen) atoms. The molecule has 1 aromatic rings. The molecule has 0 unspecified atom stereocenters. The van der Waals surface area contributed by atoms with E-state index < -0.39 is 28.5 Å². The highest BCUT2D eigenvalue weighted by Gasteiger charge is 2.49. The Bertz CT molecular complexity index is 759. The topological polar surface area (TPSA) is 126 Å². The van der Waals surface area contributed by atoms with Crippen LogP contribution in [0.1, 0.15) is 68.6 Å². The third kappa shape index (κ3) is 3.23. The summed E-state index contributed by atoms with van der Waals surface area (Å²) in [5.41, 5.74) is 0. The van der Waals surface area contributed by atoms with E-state index in [9.17, 15) is 13.2 Å². The number of hydrogen-bond acceptors (Lipinski definition) is 7. The second-order valence-electron chi connectivity index (χ2n) is 6.84. The summed E-state index contributed by atoms with van der Waals surface area (Å²) in [6.45, 7) is 0.292. The molecule has 1 N–H and O–H groups in total. The van der Waals surface area contributed by atoms with Crippen LogP contribution < -0.4 is 0 Å². The molecule has 2 atom stereocenters. The smallest absolute Gasteiger partial charge is 0.337 e. The van der Waals surface area contributed by atoms with Gasteiger partial charge in [0.25, 0.3) is 0 Å². The lowest BCUT2D eigenvalue weighted by atomic mass is 9.89. The third-order valence-electron chi connectivity index (χ3n) is 5.21. The highest BCUT2D eigenvalue weighted by molar-refractivity contribution is 7.80. The summed E-state index contributed by atoms with van der Waals surface area (Å²) < 4.78 is 40.5. The van der Waals surface area contributed by atoms with Crippen LogP contribution in [0.4, 0.5) is 4.79 Å². The summed E-state index contributed by atoms with van der Waals surface area (Å²) >= 11 is 0. The van der Waals surface area contributed by atoms with Crippen LogP contribution in [0.15, 0.2) is 4.52 Å². The van der Waals surface area contributed by atoms with Crippen LogP contribution in [-0.4, -0.2) is 51.7 Å². The van der Waals surface area contributed by atoms with Gasteiger partial charge in [0.15, 0.2) is 5.82 Å². The Morgan fingerprint density at radius 2 is 1.92 bits per heavy atom. The number of amides is 2. The van der Waals surface area contributed by atoms with Gasteiger partial charge in [-0.25, -0.2) is 4.79 Å². The van der Waals surface area contributed by atoms with E-state index in [1.807, 2.05) is 0 Å². The van der Waals surface area contributed by atoms with Crippen molar-refractivity contribution in [2.24, 2.45) is 0 Å². The first-order valence-electron chi connectivity index (χ1n) is 8.53. The first kappa shape index (κ1) is 16.7. The molecule has 2 amide bonds. The lowest BCUT2D eigenvalue weighted by molar-refractivity contribution is -0.0317. The zero-order valence-corrected chi connectivity index (χ0v) is 14.4. The molecule has 11 heteroatoms. The maximum atomic E-state index is 12.4. The van der Waals surface area contributed by atoms with Gasteiger partial charge in [-0.05, 0) is 25.7 Å². The third-order valence-corrected chi connectivity index (χ3v) is 5.56. The van der Waals surface area contributed by atoms with Crippen molar-refractivity contribution in [1.82, 2.24) is 20.1 Å². The lowest BCUT2D eigenvalue weighted by Crippen LogP contribution is -2.35. The monoisotopic (exact) mass is 372 g/mol. The number of aromatic nitrogens is 2. The molecule has 2 aliphatic heterocycles. The molecule has 0 radical (unpaired) electrons. The molecule has 1 aliphatic carbocycles. The second-order valence-corrected chi connectivity index (χ2v) is 7.84. The Hall–Kier alpha value is -1.72. The molecule has 138 valence electrons. The SMILES string of the molecule is O=C1N2C[C@@H](CC[C@H]2c2nc(C3CCCCC3)no2)N1OS(=O)(=O)O. The number of hydroxylamine groups is 2. The van der Waals surface area contributed by atoms with Gasteiger partial charge >= 0.3 is 16.4 Å². The van der Waals surface area contributed by atoms with Crippen molar-refractivity contribution in [2.75, 3.05) is 6.54 Å². The van der Waals surface area contributed by atoms with Gasteiger partial charge in [0, 0.05) is 12.5 Å². The minimum absolute atomic E-state index is 0.292. The van der Waals surface area contributed by atoms with Crippen LogP contribution >= 0.6 is 0 Å². The summed E-state index contributed by atoms with van der Waals surface area (Å²) in [6.07, 6.45) is 6.72. The number of piperidine rings is 1.